The van der Waals surface area contributed by atoms with Gasteiger partial charge in [-0.05, 0) is 6.42 Å². The van der Waals surface area contributed by atoms with Crippen molar-refractivity contribution in [3.8, 4) is 0 Å². The minimum Gasteiger partial charge on any atom is -0.388 e. The number of aliphatic hydroxyl groups excluding tert-OH is 1. The summed E-state index contributed by atoms with van der Waals surface area (Å²) in [6.07, 6.45) is 13.3. The Labute approximate surface area is 107 Å². The van der Waals surface area contributed by atoms with E-state index in [1.54, 1.807) is 0 Å². The summed E-state index contributed by atoms with van der Waals surface area (Å²) in [6, 6.07) is 0. The van der Waals surface area contributed by atoms with Crippen molar-refractivity contribution in [2.75, 3.05) is 13.2 Å². The van der Waals surface area contributed by atoms with Gasteiger partial charge in [0.1, 0.15) is 12.4 Å². The van der Waals surface area contributed by atoms with Crippen LogP contribution < -0.4 is 5.32 Å². The quantitative estimate of drug-likeness (QED) is 0.279. The van der Waals surface area contributed by atoms with Gasteiger partial charge in [0, 0.05) is 6.54 Å². The zero-order valence-corrected chi connectivity index (χ0v) is 11.4. The van der Waals surface area contributed by atoms with Crippen LogP contribution in [0.2, 0.25) is 0 Å². The van der Waals surface area contributed by atoms with Gasteiger partial charge in [-0.15, -0.1) is 0 Å². The predicted molar refractivity (Wildman–Crippen MR) is 74.7 cm³/mol. The lowest BCUT2D eigenvalue weighted by atomic mass is 10.1. The molecule has 0 atom stereocenters. The zero-order valence-electron chi connectivity index (χ0n) is 11.4. The molecule has 0 aromatic heterocycles. The fraction of sp³-hybridized carbons (Fsp3) is 0.929. The van der Waals surface area contributed by atoms with E-state index in [1.807, 2.05) is 0 Å². The molecule has 0 aliphatic carbocycles. The summed E-state index contributed by atoms with van der Waals surface area (Å²) >= 11 is 0. The highest BCUT2D eigenvalue weighted by Crippen LogP contribution is 2.10. The summed E-state index contributed by atoms with van der Waals surface area (Å²) in [4.78, 5) is 0. The van der Waals surface area contributed by atoms with Gasteiger partial charge >= 0.3 is 0 Å². The van der Waals surface area contributed by atoms with Crippen molar-refractivity contribution in [2.24, 2.45) is 0 Å². The lowest BCUT2D eigenvalue weighted by molar-refractivity contribution is 0.351. The van der Waals surface area contributed by atoms with Crippen molar-refractivity contribution >= 4 is 5.84 Å². The standard InChI is InChI=1S/C14H30N2O/c1-2-3-4-5-6-7-8-9-10-11-12-16-14(15)13-17/h17H,2-13H2,1H3,(H2,15,16). The second-order valence-electron chi connectivity index (χ2n) is 4.75. The van der Waals surface area contributed by atoms with Crippen molar-refractivity contribution in [3.05, 3.63) is 0 Å². The molecule has 17 heavy (non-hydrogen) atoms. The van der Waals surface area contributed by atoms with E-state index in [9.17, 15) is 0 Å². The summed E-state index contributed by atoms with van der Waals surface area (Å²) in [6.45, 7) is 2.91. The molecule has 0 bridgehead atoms. The molecule has 0 radical (unpaired) electrons. The number of nitrogens with one attached hydrogen (secondary N) is 2. The van der Waals surface area contributed by atoms with Crippen LogP contribution in [0.5, 0.6) is 0 Å². The van der Waals surface area contributed by atoms with Crippen LogP contribution in [0.4, 0.5) is 0 Å². The van der Waals surface area contributed by atoms with Crippen molar-refractivity contribution in [3.63, 3.8) is 0 Å². The smallest absolute Gasteiger partial charge is 0.119 e. The molecule has 0 saturated heterocycles. The Morgan fingerprint density at radius 1 is 0.882 bits per heavy atom. The lowest BCUT2D eigenvalue weighted by Gasteiger charge is -2.05. The van der Waals surface area contributed by atoms with Crippen LogP contribution in [0.15, 0.2) is 0 Å². The van der Waals surface area contributed by atoms with Gasteiger partial charge in [-0.3, -0.25) is 5.41 Å². The van der Waals surface area contributed by atoms with Gasteiger partial charge < -0.3 is 10.4 Å². The summed E-state index contributed by atoms with van der Waals surface area (Å²) < 4.78 is 0. The average Bonchev–Trinajstić information content (AvgIpc) is 2.35. The molecule has 0 saturated carbocycles. The van der Waals surface area contributed by atoms with Gasteiger partial charge in [-0.1, -0.05) is 64.7 Å². The van der Waals surface area contributed by atoms with E-state index in [0.717, 1.165) is 13.0 Å². The number of hydrogen-bond acceptors (Lipinski definition) is 2. The second-order valence-corrected chi connectivity index (χ2v) is 4.75. The SMILES string of the molecule is CCCCCCCCCCCCNC(=N)CO. The molecule has 0 rings (SSSR count). The first-order valence-electron chi connectivity index (χ1n) is 7.23. The maximum atomic E-state index is 8.61. The first-order valence-corrected chi connectivity index (χ1v) is 7.23. The summed E-state index contributed by atoms with van der Waals surface area (Å²) in [7, 11) is 0. The number of hydrogen-bond donors (Lipinski definition) is 3. The van der Waals surface area contributed by atoms with E-state index in [4.69, 9.17) is 10.5 Å². The lowest BCUT2D eigenvalue weighted by Crippen LogP contribution is -2.26. The van der Waals surface area contributed by atoms with Crippen LogP contribution in [-0.4, -0.2) is 24.1 Å². The first-order chi connectivity index (χ1) is 8.31. The van der Waals surface area contributed by atoms with Crippen LogP contribution in [0, 0.1) is 5.41 Å². The zero-order chi connectivity index (χ0) is 12.8. The molecule has 3 nitrogen and oxygen atoms in total. The Hall–Kier alpha value is -0.570. The number of rotatable bonds is 12. The summed E-state index contributed by atoms with van der Waals surface area (Å²) in [5.74, 6) is 0.237. The highest BCUT2D eigenvalue weighted by Gasteiger charge is 1.94. The number of aliphatic hydroxyl groups is 1. The van der Waals surface area contributed by atoms with E-state index >= 15 is 0 Å². The Morgan fingerprint density at radius 3 is 1.82 bits per heavy atom. The maximum absolute atomic E-state index is 8.61. The van der Waals surface area contributed by atoms with Crippen molar-refractivity contribution in [1.82, 2.24) is 5.32 Å². The largest absolute Gasteiger partial charge is 0.388 e. The number of unbranched alkanes of at least 4 members (excludes halogenated alkanes) is 9. The van der Waals surface area contributed by atoms with E-state index in [0.29, 0.717) is 0 Å². The Morgan fingerprint density at radius 2 is 1.35 bits per heavy atom. The van der Waals surface area contributed by atoms with Crippen molar-refractivity contribution in [2.45, 2.75) is 71.1 Å². The highest BCUT2D eigenvalue weighted by atomic mass is 16.3. The van der Waals surface area contributed by atoms with Gasteiger partial charge in [0.05, 0.1) is 0 Å². The normalized spacial score (nSPS) is 10.5. The molecule has 0 aromatic carbocycles. The van der Waals surface area contributed by atoms with Crippen LogP contribution >= 0.6 is 0 Å². The highest BCUT2D eigenvalue weighted by molar-refractivity contribution is 5.79. The van der Waals surface area contributed by atoms with E-state index in [1.165, 1.54) is 57.8 Å². The summed E-state index contributed by atoms with van der Waals surface area (Å²) in [5.41, 5.74) is 0. The topological polar surface area (TPSA) is 56.1 Å². The fourth-order valence-electron chi connectivity index (χ4n) is 1.91. The molecular formula is C14H30N2O. The Balaban J connectivity index is 2.96. The van der Waals surface area contributed by atoms with E-state index in [2.05, 4.69) is 12.2 Å². The van der Waals surface area contributed by atoms with Gasteiger partial charge in [0.2, 0.25) is 0 Å². The molecule has 0 aliphatic heterocycles. The third-order valence-corrected chi connectivity index (χ3v) is 3.03. The molecule has 0 spiro atoms. The molecule has 0 aliphatic rings. The molecule has 0 unspecified atom stereocenters. The number of amidine groups is 1. The molecular weight excluding hydrogens is 212 g/mol. The van der Waals surface area contributed by atoms with E-state index < -0.39 is 0 Å². The first kappa shape index (κ1) is 16.4. The van der Waals surface area contributed by atoms with Crippen molar-refractivity contribution in [1.29, 1.82) is 5.41 Å². The second kappa shape index (κ2) is 13.5. The molecule has 0 amide bonds. The minimum atomic E-state index is -0.169. The third kappa shape index (κ3) is 13.4. The summed E-state index contributed by atoms with van der Waals surface area (Å²) in [5, 5.41) is 18.7. The maximum Gasteiger partial charge on any atom is 0.119 e. The van der Waals surface area contributed by atoms with Crippen LogP contribution in [-0.2, 0) is 0 Å². The molecule has 0 heterocycles. The van der Waals surface area contributed by atoms with Gasteiger partial charge in [0.15, 0.2) is 0 Å². The Kier molecular flexibility index (Phi) is 13.0. The molecule has 102 valence electrons. The van der Waals surface area contributed by atoms with Crippen molar-refractivity contribution < 1.29 is 5.11 Å². The predicted octanol–water partition coefficient (Wildman–Crippen LogP) is 3.47. The van der Waals surface area contributed by atoms with E-state index in [-0.39, 0.29) is 12.4 Å². The molecule has 3 heteroatoms. The van der Waals surface area contributed by atoms with Crippen LogP contribution in [0.3, 0.4) is 0 Å². The Bertz CT molecular complexity index is 172. The van der Waals surface area contributed by atoms with Gasteiger partial charge in [-0.25, -0.2) is 0 Å². The minimum absolute atomic E-state index is 0.169. The monoisotopic (exact) mass is 242 g/mol. The van der Waals surface area contributed by atoms with Gasteiger partial charge in [0.25, 0.3) is 0 Å². The molecule has 0 aromatic rings. The molecule has 0 fully saturated rings. The fourth-order valence-corrected chi connectivity index (χ4v) is 1.91. The third-order valence-electron chi connectivity index (χ3n) is 3.03. The molecule has 3 N–H and O–H groups in total. The van der Waals surface area contributed by atoms with Crippen LogP contribution in [0.25, 0.3) is 0 Å². The van der Waals surface area contributed by atoms with Gasteiger partial charge in [-0.2, -0.15) is 0 Å². The van der Waals surface area contributed by atoms with Crippen LogP contribution in [0.1, 0.15) is 71.1 Å². The average molecular weight is 242 g/mol.